The van der Waals surface area contributed by atoms with Gasteiger partial charge in [-0.15, -0.1) is 0 Å². The standard InChI is InChI=1S/C28H41N3O4/c1-7-8-24-21-15-26(35-6)25(34-5)14-20(21)22(28(32)31-24)13-18-11-17-12-19(33-4)9-10-23(17)30-27(18)29-16(2)3/h9-12,16,20-22,24-26H,7-8,13-15H2,1-6H3,(H,29,30)(H,31,32). The number of nitrogens with one attached hydrogen (secondary N) is 2. The molecule has 2 aromatic rings. The van der Waals surface area contributed by atoms with Gasteiger partial charge in [-0.1, -0.05) is 13.3 Å². The lowest BCUT2D eigenvalue weighted by Crippen LogP contribution is -2.59. The minimum atomic E-state index is -0.138. The lowest BCUT2D eigenvalue weighted by molar-refractivity contribution is -0.144. The Morgan fingerprint density at radius 3 is 2.43 bits per heavy atom. The number of carbonyl (C=O) groups excluding carboxylic acids is 1. The molecule has 1 aromatic carbocycles. The first-order chi connectivity index (χ1) is 16.9. The second-order valence-electron chi connectivity index (χ2n) is 10.4. The van der Waals surface area contributed by atoms with E-state index in [2.05, 4.69) is 37.5 Å². The van der Waals surface area contributed by atoms with E-state index in [0.29, 0.717) is 12.3 Å². The molecule has 6 atom stereocenters. The number of pyridine rings is 1. The van der Waals surface area contributed by atoms with Crippen LogP contribution in [-0.4, -0.2) is 56.5 Å². The summed E-state index contributed by atoms with van der Waals surface area (Å²) in [6.07, 6.45) is 4.47. The number of rotatable bonds is 9. The van der Waals surface area contributed by atoms with E-state index in [1.54, 1.807) is 21.3 Å². The zero-order valence-electron chi connectivity index (χ0n) is 22.0. The van der Waals surface area contributed by atoms with Crippen LogP contribution in [0.3, 0.4) is 0 Å². The Morgan fingerprint density at radius 2 is 1.80 bits per heavy atom. The average Bonchev–Trinajstić information content (AvgIpc) is 2.85. The van der Waals surface area contributed by atoms with Gasteiger partial charge < -0.3 is 24.8 Å². The molecule has 7 heteroatoms. The largest absolute Gasteiger partial charge is 0.497 e. The highest BCUT2D eigenvalue weighted by atomic mass is 16.5. The van der Waals surface area contributed by atoms with Gasteiger partial charge in [0.15, 0.2) is 0 Å². The number of carbonyl (C=O) groups is 1. The van der Waals surface area contributed by atoms with Crippen molar-refractivity contribution in [3.63, 3.8) is 0 Å². The first-order valence-corrected chi connectivity index (χ1v) is 13.0. The minimum Gasteiger partial charge on any atom is -0.497 e. The molecule has 7 nitrogen and oxygen atoms in total. The SMILES string of the molecule is CCCC1NC(=O)C(Cc2cc3cc(OC)ccc3nc2NC(C)C)C2CC(OC)C(OC)CC12. The summed E-state index contributed by atoms with van der Waals surface area (Å²) >= 11 is 0. The van der Waals surface area contributed by atoms with Crippen LogP contribution in [0, 0.1) is 17.8 Å². The Kier molecular flexibility index (Phi) is 8.17. The van der Waals surface area contributed by atoms with Crippen LogP contribution in [0.15, 0.2) is 24.3 Å². The molecule has 0 radical (unpaired) electrons. The summed E-state index contributed by atoms with van der Waals surface area (Å²) in [5, 5.41) is 7.92. The smallest absolute Gasteiger partial charge is 0.223 e. The Hall–Kier alpha value is -2.38. The molecule has 2 fully saturated rings. The summed E-state index contributed by atoms with van der Waals surface area (Å²) in [7, 11) is 5.19. The van der Waals surface area contributed by atoms with Crippen molar-refractivity contribution in [2.45, 2.75) is 77.2 Å². The van der Waals surface area contributed by atoms with E-state index in [4.69, 9.17) is 19.2 Å². The van der Waals surface area contributed by atoms with Gasteiger partial charge in [0, 0.05) is 37.6 Å². The van der Waals surface area contributed by atoms with Gasteiger partial charge in [-0.25, -0.2) is 4.98 Å². The second-order valence-corrected chi connectivity index (χ2v) is 10.4. The van der Waals surface area contributed by atoms with Crippen LogP contribution in [0.4, 0.5) is 5.82 Å². The van der Waals surface area contributed by atoms with E-state index in [1.807, 2.05) is 18.2 Å². The van der Waals surface area contributed by atoms with Gasteiger partial charge in [-0.05, 0) is 81.2 Å². The van der Waals surface area contributed by atoms with E-state index >= 15 is 0 Å². The number of fused-ring (bicyclic) bond motifs is 2. The minimum absolute atomic E-state index is 0.00387. The van der Waals surface area contributed by atoms with Crippen LogP contribution in [0.1, 0.15) is 52.0 Å². The molecule has 6 unspecified atom stereocenters. The van der Waals surface area contributed by atoms with Crippen molar-refractivity contribution in [1.29, 1.82) is 0 Å². The average molecular weight is 484 g/mol. The number of methoxy groups -OCH3 is 3. The lowest BCUT2D eigenvalue weighted by Gasteiger charge is -2.49. The molecule has 2 aliphatic rings. The number of benzene rings is 1. The summed E-state index contributed by atoms with van der Waals surface area (Å²) in [6, 6.07) is 8.52. The molecule has 1 aromatic heterocycles. The first-order valence-electron chi connectivity index (χ1n) is 13.0. The molecule has 1 aliphatic heterocycles. The number of nitrogens with zero attached hydrogens (tertiary/aromatic N) is 1. The highest BCUT2D eigenvalue weighted by molar-refractivity contribution is 5.84. The van der Waals surface area contributed by atoms with Crippen molar-refractivity contribution in [3.05, 3.63) is 29.8 Å². The first kappa shape index (κ1) is 25.7. The van der Waals surface area contributed by atoms with E-state index in [9.17, 15) is 4.79 Å². The molecule has 0 bridgehead atoms. The number of amides is 1. The maximum atomic E-state index is 13.5. The maximum absolute atomic E-state index is 13.5. The molecule has 1 aliphatic carbocycles. The Morgan fingerprint density at radius 1 is 1.09 bits per heavy atom. The molecular weight excluding hydrogens is 442 g/mol. The topological polar surface area (TPSA) is 81.7 Å². The van der Waals surface area contributed by atoms with Crippen molar-refractivity contribution in [3.8, 4) is 5.75 Å². The number of aromatic nitrogens is 1. The van der Waals surface area contributed by atoms with Gasteiger partial charge in [0.1, 0.15) is 11.6 Å². The van der Waals surface area contributed by atoms with Gasteiger partial charge in [0.2, 0.25) is 5.91 Å². The summed E-state index contributed by atoms with van der Waals surface area (Å²) in [4.78, 5) is 18.5. The van der Waals surface area contributed by atoms with Crippen molar-refractivity contribution >= 4 is 22.6 Å². The van der Waals surface area contributed by atoms with E-state index in [1.165, 1.54) is 0 Å². The fourth-order valence-corrected chi connectivity index (χ4v) is 6.16. The van der Waals surface area contributed by atoms with Gasteiger partial charge in [0.05, 0.1) is 24.8 Å². The molecule has 0 spiro atoms. The number of ether oxygens (including phenoxy) is 3. The molecule has 2 heterocycles. The van der Waals surface area contributed by atoms with E-state index in [0.717, 1.165) is 53.7 Å². The van der Waals surface area contributed by atoms with Gasteiger partial charge >= 0.3 is 0 Å². The van der Waals surface area contributed by atoms with Crippen molar-refractivity contribution in [2.24, 2.45) is 17.8 Å². The molecule has 192 valence electrons. The Balaban J connectivity index is 1.71. The summed E-state index contributed by atoms with van der Waals surface area (Å²) in [5.74, 6) is 2.28. The molecule has 4 rings (SSSR count). The zero-order chi connectivity index (χ0) is 25.1. The fourth-order valence-electron chi connectivity index (χ4n) is 6.16. The third-order valence-corrected chi connectivity index (χ3v) is 7.84. The van der Waals surface area contributed by atoms with Crippen LogP contribution < -0.4 is 15.4 Å². The lowest BCUT2D eigenvalue weighted by atomic mass is 9.63. The van der Waals surface area contributed by atoms with Crippen LogP contribution in [-0.2, 0) is 20.7 Å². The summed E-state index contributed by atoms with van der Waals surface area (Å²) in [5.41, 5.74) is 1.97. The van der Waals surface area contributed by atoms with Gasteiger partial charge in [-0.3, -0.25) is 4.79 Å². The van der Waals surface area contributed by atoms with Crippen molar-refractivity contribution in [1.82, 2.24) is 10.3 Å². The quantitative estimate of drug-likeness (QED) is 0.544. The third kappa shape index (κ3) is 5.41. The molecule has 1 saturated carbocycles. The zero-order valence-corrected chi connectivity index (χ0v) is 22.0. The molecule has 2 N–H and O–H groups in total. The third-order valence-electron chi connectivity index (χ3n) is 7.84. The predicted octanol–water partition coefficient (Wildman–Crippen LogP) is 4.58. The fraction of sp³-hybridized carbons (Fsp3) is 0.643. The summed E-state index contributed by atoms with van der Waals surface area (Å²) in [6.45, 7) is 6.40. The van der Waals surface area contributed by atoms with Crippen LogP contribution >= 0.6 is 0 Å². The van der Waals surface area contributed by atoms with Crippen molar-refractivity contribution < 1.29 is 19.0 Å². The number of anilines is 1. The molecule has 1 amide bonds. The van der Waals surface area contributed by atoms with Crippen LogP contribution in [0.25, 0.3) is 10.9 Å². The normalized spacial score (nSPS) is 28.6. The van der Waals surface area contributed by atoms with Gasteiger partial charge in [0.25, 0.3) is 0 Å². The van der Waals surface area contributed by atoms with Crippen molar-refractivity contribution in [2.75, 3.05) is 26.6 Å². The predicted molar refractivity (Wildman–Crippen MR) is 139 cm³/mol. The highest BCUT2D eigenvalue weighted by Gasteiger charge is 2.49. The van der Waals surface area contributed by atoms with E-state index in [-0.39, 0.29) is 42.0 Å². The highest BCUT2D eigenvalue weighted by Crippen LogP contribution is 2.44. The maximum Gasteiger partial charge on any atom is 0.223 e. The number of hydrogen-bond donors (Lipinski definition) is 2. The van der Waals surface area contributed by atoms with E-state index < -0.39 is 0 Å². The van der Waals surface area contributed by atoms with Crippen LogP contribution in [0.5, 0.6) is 5.75 Å². The van der Waals surface area contributed by atoms with Crippen LogP contribution in [0.2, 0.25) is 0 Å². The number of hydrogen-bond acceptors (Lipinski definition) is 6. The molecular formula is C28H41N3O4. The molecule has 35 heavy (non-hydrogen) atoms. The number of piperidine rings is 1. The van der Waals surface area contributed by atoms with Gasteiger partial charge in [-0.2, -0.15) is 0 Å². The summed E-state index contributed by atoms with van der Waals surface area (Å²) < 4.78 is 17.1. The molecule has 1 saturated heterocycles. The Bertz CT molecular complexity index is 1030. The monoisotopic (exact) mass is 483 g/mol. The Labute approximate surface area is 209 Å². The second kappa shape index (κ2) is 11.1.